The number of allylic oxidation sites excluding steroid dienone is 4. The fourth-order valence-electron chi connectivity index (χ4n) is 6.17. The number of anilines is 5. The molecule has 0 amide bonds. The van der Waals surface area contributed by atoms with Gasteiger partial charge in [-0.05, 0) is 83.8 Å². The summed E-state index contributed by atoms with van der Waals surface area (Å²) in [4.78, 5) is 9.21. The van der Waals surface area contributed by atoms with Gasteiger partial charge in [0, 0.05) is 46.0 Å². The number of benzene rings is 3. The molecule has 4 aromatic rings. The molecule has 0 saturated carbocycles. The van der Waals surface area contributed by atoms with Gasteiger partial charge in [-0.2, -0.15) is 0 Å². The molecule has 36 heavy (non-hydrogen) atoms. The Bertz CT molecular complexity index is 1550. The Hall–Kier alpha value is -4.18. The SMILES string of the molecule is CC1(C)C2=C3C(CC=C2)c2cc(N(c4ccc(F)cc4)c4ccccn4)ccc2N3c2ccccc21. The first-order valence-electron chi connectivity index (χ1n) is 12.5. The van der Waals surface area contributed by atoms with Crippen molar-refractivity contribution in [3.8, 4) is 0 Å². The van der Waals surface area contributed by atoms with Gasteiger partial charge in [-0.25, -0.2) is 9.37 Å². The van der Waals surface area contributed by atoms with Crippen LogP contribution in [-0.4, -0.2) is 4.98 Å². The van der Waals surface area contributed by atoms with Crippen LogP contribution in [0, 0.1) is 5.82 Å². The fourth-order valence-corrected chi connectivity index (χ4v) is 6.17. The van der Waals surface area contributed by atoms with E-state index in [2.05, 4.69) is 83.2 Å². The minimum absolute atomic E-state index is 0.0590. The highest BCUT2D eigenvalue weighted by molar-refractivity contribution is 5.87. The number of hydrogen-bond acceptors (Lipinski definition) is 3. The molecule has 176 valence electrons. The van der Waals surface area contributed by atoms with Crippen molar-refractivity contribution in [2.45, 2.75) is 31.6 Å². The third-order valence-electron chi connectivity index (χ3n) is 7.84. The molecule has 3 aromatic carbocycles. The van der Waals surface area contributed by atoms with Gasteiger partial charge in [-0.15, -0.1) is 0 Å². The van der Waals surface area contributed by atoms with Crippen molar-refractivity contribution in [2.24, 2.45) is 0 Å². The quantitative estimate of drug-likeness (QED) is 0.299. The van der Waals surface area contributed by atoms with Crippen LogP contribution < -0.4 is 9.80 Å². The molecule has 0 fully saturated rings. The average Bonchev–Trinajstić information content (AvgIpc) is 3.24. The van der Waals surface area contributed by atoms with Crippen LogP contribution in [0.4, 0.5) is 33.0 Å². The third kappa shape index (κ3) is 2.94. The van der Waals surface area contributed by atoms with Gasteiger partial charge < -0.3 is 4.90 Å². The van der Waals surface area contributed by atoms with Gasteiger partial charge in [-0.1, -0.05) is 50.3 Å². The lowest BCUT2D eigenvalue weighted by Crippen LogP contribution is -2.33. The minimum Gasteiger partial charge on any atom is -0.313 e. The first-order chi connectivity index (χ1) is 17.5. The lowest BCUT2D eigenvalue weighted by Gasteiger charge is -2.42. The van der Waals surface area contributed by atoms with Crippen molar-refractivity contribution in [2.75, 3.05) is 9.80 Å². The molecule has 0 saturated heterocycles. The largest absolute Gasteiger partial charge is 0.313 e. The van der Waals surface area contributed by atoms with Crippen LogP contribution in [0.15, 0.2) is 115 Å². The second-order valence-corrected chi connectivity index (χ2v) is 10.2. The Kier molecular flexibility index (Phi) is 4.50. The summed E-state index contributed by atoms with van der Waals surface area (Å²) < 4.78 is 13.8. The number of pyridine rings is 1. The molecule has 1 atom stereocenters. The van der Waals surface area contributed by atoms with E-state index in [9.17, 15) is 4.39 Å². The predicted molar refractivity (Wildman–Crippen MR) is 144 cm³/mol. The Morgan fingerprint density at radius 3 is 2.47 bits per heavy atom. The number of nitrogens with zero attached hydrogens (tertiary/aromatic N) is 3. The molecule has 0 N–H and O–H groups in total. The maximum atomic E-state index is 13.8. The summed E-state index contributed by atoms with van der Waals surface area (Å²) in [6, 6.07) is 28.0. The molecule has 0 bridgehead atoms. The summed E-state index contributed by atoms with van der Waals surface area (Å²) in [6.07, 6.45) is 7.43. The van der Waals surface area contributed by atoms with Gasteiger partial charge in [0.1, 0.15) is 11.6 Å². The smallest absolute Gasteiger partial charge is 0.137 e. The van der Waals surface area contributed by atoms with E-state index in [4.69, 9.17) is 0 Å². The predicted octanol–water partition coefficient (Wildman–Crippen LogP) is 8.43. The second kappa shape index (κ2) is 7.66. The number of para-hydroxylation sites is 1. The highest BCUT2D eigenvalue weighted by Crippen LogP contribution is 2.60. The highest BCUT2D eigenvalue weighted by Gasteiger charge is 2.46. The van der Waals surface area contributed by atoms with E-state index in [0.717, 1.165) is 23.6 Å². The van der Waals surface area contributed by atoms with Gasteiger partial charge in [0.15, 0.2) is 0 Å². The molecule has 3 nitrogen and oxygen atoms in total. The molecule has 0 radical (unpaired) electrons. The van der Waals surface area contributed by atoms with E-state index in [1.54, 1.807) is 6.20 Å². The summed E-state index contributed by atoms with van der Waals surface area (Å²) in [5, 5.41) is 0. The average molecular weight is 472 g/mol. The maximum Gasteiger partial charge on any atom is 0.137 e. The van der Waals surface area contributed by atoms with Crippen molar-refractivity contribution in [3.05, 3.63) is 131 Å². The lowest BCUT2D eigenvalue weighted by atomic mass is 9.70. The summed E-state index contributed by atoms with van der Waals surface area (Å²) in [6.45, 7) is 4.67. The molecule has 1 unspecified atom stereocenters. The monoisotopic (exact) mass is 471 g/mol. The third-order valence-corrected chi connectivity index (χ3v) is 7.84. The van der Waals surface area contributed by atoms with Crippen molar-refractivity contribution in [1.29, 1.82) is 0 Å². The van der Waals surface area contributed by atoms with Crippen molar-refractivity contribution < 1.29 is 4.39 Å². The molecular formula is C32H26FN3. The first kappa shape index (κ1) is 21.1. The van der Waals surface area contributed by atoms with Gasteiger partial charge in [-0.3, -0.25) is 4.90 Å². The number of fused-ring (bicyclic) bond motifs is 5. The Labute approximate surface area is 210 Å². The van der Waals surface area contributed by atoms with Crippen LogP contribution in [0.5, 0.6) is 0 Å². The van der Waals surface area contributed by atoms with Crippen LogP contribution in [0.3, 0.4) is 0 Å². The fraction of sp³-hybridized carbons (Fsp3) is 0.156. The summed E-state index contributed by atoms with van der Waals surface area (Å²) in [7, 11) is 0. The van der Waals surface area contributed by atoms with E-state index in [1.165, 1.54) is 45.9 Å². The molecule has 2 aliphatic heterocycles. The van der Waals surface area contributed by atoms with E-state index >= 15 is 0 Å². The van der Waals surface area contributed by atoms with Crippen LogP contribution in [0.25, 0.3) is 0 Å². The molecule has 7 rings (SSSR count). The normalized spacial score (nSPS) is 18.5. The van der Waals surface area contributed by atoms with E-state index in [1.807, 2.05) is 30.3 Å². The van der Waals surface area contributed by atoms with E-state index in [-0.39, 0.29) is 11.2 Å². The zero-order valence-corrected chi connectivity index (χ0v) is 20.3. The lowest BCUT2D eigenvalue weighted by molar-refractivity contribution is 0.598. The molecule has 3 heterocycles. The van der Waals surface area contributed by atoms with Crippen LogP contribution >= 0.6 is 0 Å². The second-order valence-electron chi connectivity index (χ2n) is 10.2. The van der Waals surface area contributed by atoms with Crippen molar-refractivity contribution in [3.63, 3.8) is 0 Å². The van der Waals surface area contributed by atoms with Gasteiger partial charge in [0.05, 0.1) is 0 Å². The molecule has 4 heteroatoms. The molecule has 1 aliphatic carbocycles. The maximum absolute atomic E-state index is 13.8. The molecule has 0 spiro atoms. The van der Waals surface area contributed by atoms with Crippen LogP contribution in [-0.2, 0) is 5.41 Å². The van der Waals surface area contributed by atoms with Gasteiger partial charge in [0.2, 0.25) is 0 Å². The number of rotatable bonds is 3. The van der Waals surface area contributed by atoms with Crippen molar-refractivity contribution >= 4 is 28.6 Å². The topological polar surface area (TPSA) is 19.4 Å². The summed E-state index contributed by atoms with van der Waals surface area (Å²) >= 11 is 0. The van der Waals surface area contributed by atoms with E-state index in [0.29, 0.717) is 5.92 Å². The van der Waals surface area contributed by atoms with Crippen molar-refractivity contribution in [1.82, 2.24) is 4.98 Å². The Morgan fingerprint density at radius 2 is 1.67 bits per heavy atom. The summed E-state index contributed by atoms with van der Waals surface area (Å²) in [5.74, 6) is 0.848. The molecule has 1 aromatic heterocycles. The highest BCUT2D eigenvalue weighted by atomic mass is 19.1. The number of aromatic nitrogens is 1. The summed E-state index contributed by atoms with van der Waals surface area (Å²) in [5.41, 5.74) is 9.82. The van der Waals surface area contributed by atoms with Crippen LogP contribution in [0.2, 0.25) is 0 Å². The first-order valence-corrected chi connectivity index (χ1v) is 12.5. The minimum atomic E-state index is -0.250. The zero-order chi connectivity index (χ0) is 24.4. The van der Waals surface area contributed by atoms with Crippen LogP contribution in [0.1, 0.15) is 37.3 Å². The Morgan fingerprint density at radius 1 is 0.889 bits per heavy atom. The number of halogens is 1. The number of hydrogen-bond donors (Lipinski definition) is 0. The van der Waals surface area contributed by atoms with E-state index < -0.39 is 0 Å². The van der Waals surface area contributed by atoms with Gasteiger partial charge in [0.25, 0.3) is 0 Å². The van der Waals surface area contributed by atoms with Gasteiger partial charge >= 0.3 is 0 Å². The molecule has 3 aliphatic rings. The standard InChI is InChI=1S/C32H26FN3/c1-32(2)26-9-3-4-11-29(26)36-28-18-17-23(20-25(28)24-8-7-10-27(32)31(24)36)35(30-12-5-6-19-34-30)22-15-13-21(33)14-16-22/h3-7,9-20,24H,8H2,1-2H3. The zero-order valence-electron chi connectivity index (χ0n) is 20.3. The Balaban J connectivity index is 1.43. The molecular weight excluding hydrogens is 445 g/mol.